The van der Waals surface area contributed by atoms with Gasteiger partial charge in [-0.3, -0.25) is 10.3 Å². The maximum Gasteiger partial charge on any atom is 0.117 e. The molecule has 10 heavy (non-hydrogen) atoms. The van der Waals surface area contributed by atoms with Crippen molar-refractivity contribution < 1.29 is 10.3 Å². The van der Waals surface area contributed by atoms with Crippen LogP contribution in [-0.2, 0) is 0 Å². The van der Waals surface area contributed by atoms with Gasteiger partial charge in [-0.2, -0.15) is 0 Å². The summed E-state index contributed by atoms with van der Waals surface area (Å²) in [5, 5.41) is 18.7. The molecule has 0 radical (unpaired) electrons. The van der Waals surface area contributed by atoms with E-state index in [-0.39, 0.29) is 5.75 Å². The van der Waals surface area contributed by atoms with Crippen molar-refractivity contribution >= 4 is 5.69 Å². The largest absolute Gasteiger partial charge is 0.508 e. The molecule has 0 amide bonds. The molecule has 0 saturated carbocycles. The number of nitrogens with zero attached hydrogens (tertiary/aromatic N) is 1. The maximum absolute atomic E-state index is 8.92. The van der Waals surface area contributed by atoms with Gasteiger partial charge in [0.2, 0.25) is 0 Å². The highest BCUT2D eigenvalue weighted by Gasteiger charge is 1.95. The third kappa shape index (κ3) is 1.39. The summed E-state index contributed by atoms with van der Waals surface area (Å²) in [6.45, 7) is 0. The predicted octanol–water partition coefficient (Wildman–Crippen LogP) is 1.22. The number of phenols is 1. The zero-order chi connectivity index (χ0) is 7.56. The first-order valence-electron chi connectivity index (χ1n) is 2.92. The average molecular weight is 139 g/mol. The Morgan fingerprint density at radius 1 is 1.40 bits per heavy atom. The van der Waals surface area contributed by atoms with Gasteiger partial charge in [-0.05, 0) is 12.1 Å². The molecule has 0 aromatic heterocycles. The third-order valence-corrected chi connectivity index (χ3v) is 1.20. The summed E-state index contributed by atoms with van der Waals surface area (Å²) in [7, 11) is 1.49. The number of benzene rings is 1. The molecule has 0 bridgehead atoms. The number of hydrogen-bond acceptors (Lipinski definition) is 3. The standard InChI is InChI=1S/C7H9NO2/c1-8(10)6-3-2-4-7(9)5-6/h2-5,9-10H,1H3. The van der Waals surface area contributed by atoms with Gasteiger partial charge in [0.15, 0.2) is 0 Å². The average Bonchev–Trinajstić information content (AvgIpc) is 1.88. The smallest absolute Gasteiger partial charge is 0.117 e. The van der Waals surface area contributed by atoms with Gasteiger partial charge in [0.25, 0.3) is 0 Å². The molecule has 0 fully saturated rings. The fourth-order valence-electron chi connectivity index (χ4n) is 0.694. The Morgan fingerprint density at radius 3 is 2.50 bits per heavy atom. The van der Waals surface area contributed by atoms with E-state index in [1.54, 1.807) is 18.2 Å². The molecule has 0 spiro atoms. The monoisotopic (exact) mass is 139 g/mol. The highest BCUT2D eigenvalue weighted by Crippen LogP contribution is 2.16. The van der Waals surface area contributed by atoms with Crippen molar-refractivity contribution in [1.82, 2.24) is 0 Å². The molecular weight excluding hydrogens is 130 g/mol. The second-order valence-corrected chi connectivity index (χ2v) is 2.04. The van der Waals surface area contributed by atoms with E-state index in [2.05, 4.69) is 0 Å². The van der Waals surface area contributed by atoms with Crippen molar-refractivity contribution in [3.63, 3.8) is 0 Å². The van der Waals surface area contributed by atoms with Crippen molar-refractivity contribution in [2.24, 2.45) is 0 Å². The third-order valence-electron chi connectivity index (χ3n) is 1.20. The quantitative estimate of drug-likeness (QED) is 0.575. The van der Waals surface area contributed by atoms with Crippen LogP contribution in [0.5, 0.6) is 5.75 Å². The molecule has 54 valence electrons. The summed E-state index contributed by atoms with van der Waals surface area (Å²) in [6.07, 6.45) is 0. The maximum atomic E-state index is 8.92. The lowest BCUT2D eigenvalue weighted by atomic mass is 10.3. The first kappa shape index (κ1) is 6.89. The van der Waals surface area contributed by atoms with E-state index < -0.39 is 0 Å². The van der Waals surface area contributed by atoms with Gasteiger partial charge in [0, 0.05) is 13.1 Å². The Kier molecular flexibility index (Phi) is 1.78. The molecule has 1 aromatic rings. The van der Waals surface area contributed by atoms with Crippen molar-refractivity contribution in [2.75, 3.05) is 12.1 Å². The van der Waals surface area contributed by atoms with Crippen LogP contribution in [0, 0.1) is 0 Å². The summed E-state index contributed by atoms with van der Waals surface area (Å²) in [4.78, 5) is 0. The zero-order valence-electron chi connectivity index (χ0n) is 5.65. The zero-order valence-corrected chi connectivity index (χ0v) is 5.65. The first-order chi connectivity index (χ1) is 4.70. The second kappa shape index (κ2) is 2.58. The molecule has 1 rings (SSSR count). The van der Waals surface area contributed by atoms with E-state index in [9.17, 15) is 0 Å². The highest BCUT2D eigenvalue weighted by molar-refractivity contribution is 5.47. The van der Waals surface area contributed by atoms with E-state index in [1.807, 2.05) is 0 Å². The molecule has 0 atom stereocenters. The minimum atomic E-state index is 0.151. The summed E-state index contributed by atoms with van der Waals surface area (Å²) < 4.78 is 0. The number of anilines is 1. The van der Waals surface area contributed by atoms with Gasteiger partial charge in [-0.25, -0.2) is 0 Å². The topological polar surface area (TPSA) is 43.7 Å². The first-order valence-corrected chi connectivity index (χ1v) is 2.92. The van der Waals surface area contributed by atoms with Gasteiger partial charge in [0.05, 0.1) is 5.69 Å². The van der Waals surface area contributed by atoms with Crippen LogP contribution in [0.25, 0.3) is 0 Å². The summed E-state index contributed by atoms with van der Waals surface area (Å²) in [5.41, 5.74) is 0.569. The van der Waals surface area contributed by atoms with Gasteiger partial charge in [-0.1, -0.05) is 6.07 Å². The Balaban J connectivity index is 2.96. The van der Waals surface area contributed by atoms with E-state index in [1.165, 1.54) is 13.1 Å². The van der Waals surface area contributed by atoms with Crippen LogP contribution in [0.2, 0.25) is 0 Å². The molecule has 1 aromatic carbocycles. The molecule has 3 nitrogen and oxygen atoms in total. The van der Waals surface area contributed by atoms with Crippen LogP contribution in [-0.4, -0.2) is 17.4 Å². The van der Waals surface area contributed by atoms with Crippen LogP contribution >= 0.6 is 0 Å². The molecule has 0 heterocycles. The molecular formula is C7H9NO2. The fraction of sp³-hybridized carbons (Fsp3) is 0.143. The SMILES string of the molecule is CN(O)c1cccc(O)c1. The minimum Gasteiger partial charge on any atom is -0.508 e. The highest BCUT2D eigenvalue weighted by atomic mass is 16.5. The Morgan fingerprint density at radius 2 is 2.10 bits per heavy atom. The van der Waals surface area contributed by atoms with Crippen LogP contribution in [0.3, 0.4) is 0 Å². The summed E-state index contributed by atoms with van der Waals surface area (Å²) in [6, 6.07) is 6.38. The van der Waals surface area contributed by atoms with E-state index >= 15 is 0 Å². The molecule has 3 heteroatoms. The Hall–Kier alpha value is -1.22. The van der Waals surface area contributed by atoms with E-state index in [4.69, 9.17) is 10.3 Å². The van der Waals surface area contributed by atoms with Crippen LogP contribution in [0.4, 0.5) is 5.69 Å². The van der Waals surface area contributed by atoms with Crippen molar-refractivity contribution in [3.05, 3.63) is 24.3 Å². The predicted molar refractivity (Wildman–Crippen MR) is 38.3 cm³/mol. The lowest BCUT2D eigenvalue weighted by molar-refractivity contribution is 0.279. The van der Waals surface area contributed by atoms with Crippen molar-refractivity contribution in [1.29, 1.82) is 0 Å². The van der Waals surface area contributed by atoms with E-state index in [0.717, 1.165) is 5.06 Å². The van der Waals surface area contributed by atoms with Crippen LogP contribution in [0.15, 0.2) is 24.3 Å². The molecule has 0 aliphatic heterocycles. The fourth-order valence-corrected chi connectivity index (χ4v) is 0.694. The van der Waals surface area contributed by atoms with Crippen molar-refractivity contribution in [3.8, 4) is 5.75 Å². The van der Waals surface area contributed by atoms with Crippen LogP contribution < -0.4 is 5.06 Å². The molecule has 2 N–H and O–H groups in total. The number of phenolic OH excluding ortho intramolecular Hbond substituents is 1. The summed E-state index contributed by atoms with van der Waals surface area (Å²) in [5.74, 6) is 0.151. The lowest BCUT2D eigenvalue weighted by Crippen LogP contribution is -2.08. The van der Waals surface area contributed by atoms with Crippen molar-refractivity contribution in [2.45, 2.75) is 0 Å². The van der Waals surface area contributed by atoms with E-state index in [0.29, 0.717) is 5.69 Å². The second-order valence-electron chi connectivity index (χ2n) is 2.04. The number of aromatic hydroxyl groups is 1. The van der Waals surface area contributed by atoms with Gasteiger partial charge < -0.3 is 5.11 Å². The molecule has 0 saturated heterocycles. The van der Waals surface area contributed by atoms with Crippen LogP contribution in [0.1, 0.15) is 0 Å². The number of rotatable bonds is 1. The summed E-state index contributed by atoms with van der Waals surface area (Å²) >= 11 is 0. The lowest BCUT2D eigenvalue weighted by Gasteiger charge is -2.09. The minimum absolute atomic E-state index is 0.151. The Labute approximate surface area is 59.1 Å². The number of hydrogen-bond donors (Lipinski definition) is 2. The molecule has 0 aliphatic carbocycles. The molecule has 0 unspecified atom stereocenters. The molecule has 0 aliphatic rings. The normalized spacial score (nSPS) is 9.40. The van der Waals surface area contributed by atoms with Gasteiger partial charge in [0.1, 0.15) is 5.75 Å². The van der Waals surface area contributed by atoms with Gasteiger partial charge in [-0.15, -0.1) is 0 Å². The Bertz CT molecular complexity index is 223. The van der Waals surface area contributed by atoms with Gasteiger partial charge >= 0.3 is 0 Å². The number of hydroxylamine groups is 1.